The summed E-state index contributed by atoms with van der Waals surface area (Å²) in [6, 6.07) is 0. The molecule has 1 saturated heterocycles. The van der Waals surface area contributed by atoms with Gasteiger partial charge in [0.2, 0.25) is 0 Å². The van der Waals surface area contributed by atoms with Crippen molar-refractivity contribution in [1.29, 1.82) is 0 Å². The molecule has 2 aliphatic rings. The summed E-state index contributed by atoms with van der Waals surface area (Å²) in [7, 11) is 0. The van der Waals surface area contributed by atoms with Gasteiger partial charge in [-0.25, -0.2) is 4.79 Å². The number of hydrogen-bond acceptors (Lipinski definition) is 6. The van der Waals surface area contributed by atoms with Crippen molar-refractivity contribution in [3.63, 3.8) is 0 Å². The van der Waals surface area contributed by atoms with Crippen LogP contribution < -0.4 is 0 Å². The molecule has 0 radical (unpaired) electrons. The van der Waals surface area contributed by atoms with E-state index in [-0.39, 0.29) is 19.0 Å². The molecule has 0 amide bonds. The number of rotatable bonds is 5. The van der Waals surface area contributed by atoms with E-state index in [1.54, 1.807) is 6.92 Å². The van der Waals surface area contributed by atoms with Gasteiger partial charge in [0.25, 0.3) is 0 Å². The van der Waals surface area contributed by atoms with E-state index in [1.807, 2.05) is 20.8 Å². The van der Waals surface area contributed by atoms with Crippen molar-refractivity contribution >= 4 is 11.9 Å². The Kier molecular flexibility index (Phi) is 6.27. The van der Waals surface area contributed by atoms with E-state index in [0.717, 1.165) is 32.1 Å². The number of hydrogen-bond donors (Lipinski definition) is 0. The molecule has 0 N–H and O–H groups in total. The number of ether oxygens (including phenoxy) is 4. The highest BCUT2D eigenvalue weighted by Gasteiger charge is 2.49. The molecule has 0 aromatic carbocycles. The van der Waals surface area contributed by atoms with Gasteiger partial charge in [0.05, 0.1) is 6.42 Å². The average Bonchev–Trinajstić information content (AvgIpc) is 2.80. The van der Waals surface area contributed by atoms with Crippen molar-refractivity contribution in [2.45, 2.75) is 89.8 Å². The first-order chi connectivity index (χ1) is 11.6. The van der Waals surface area contributed by atoms with E-state index < -0.39 is 29.6 Å². The van der Waals surface area contributed by atoms with Crippen molar-refractivity contribution in [3.05, 3.63) is 12.2 Å². The molecule has 142 valence electrons. The molecular weight excluding hydrogens is 324 g/mol. The first kappa shape index (κ1) is 19.9. The third kappa shape index (κ3) is 5.82. The van der Waals surface area contributed by atoms with E-state index in [1.165, 1.54) is 0 Å². The lowest BCUT2D eigenvalue weighted by molar-refractivity contribution is -0.199. The van der Waals surface area contributed by atoms with E-state index >= 15 is 0 Å². The van der Waals surface area contributed by atoms with Crippen LogP contribution in [-0.4, -0.2) is 42.1 Å². The normalized spacial score (nSPS) is 25.6. The van der Waals surface area contributed by atoms with Gasteiger partial charge in [-0.05, 0) is 40.5 Å². The molecule has 1 heterocycles. The molecule has 25 heavy (non-hydrogen) atoms. The Morgan fingerprint density at radius 1 is 1.12 bits per heavy atom. The second-order valence-corrected chi connectivity index (χ2v) is 7.95. The first-order valence-electron chi connectivity index (χ1n) is 9.00. The van der Waals surface area contributed by atoms with Gasteiger partial charge in [0, 0.05) is 18.4 Å². The summed E-state index contributed by atoms with van der Waals surface area (Å²) < 4.78 is 22.9. The lowest BCUT2D eigenvalue weighted by atomic mass is 9.94. The fourth-order valence-electron chi connectivity index (χ4n) is 3.20. The maximum atomic E-state index is 12.2. The van der Waals surface area contributed by atoms with Crippen molar-refractivity contribution < 1.29 is 28.5 Å². The molecular formula is C19H30O6. The maximum Gasteiger partial charge on any atom is 0.333 e. The molecule has 1 aliphatic carbocycles. The minimum absolute atomic E-state index is 0.0426. The van der Waals surface area contributed by atoms with Crippen molar-refractivity contribution in [2.75, 3.05) is 6.61 Å². The molecule has 0 aromatic rings. The topological polar surface area (TPSA) is 71.1 Å². The molecule has 2 rings (SSSR count). The summed E-state index contributed by atoms with van der Waals surface area (Å²) in [5, 5.41) is 0. The Balaban J connectivity index is 2.02. The highest BCUT2D eigenvalue weighted by atomic mass is 16.8. The van der Waals surface area contributed by atoms with Crippen LogP contribution >= 0.6 is 0 Å². The third-order valence-electron chi connectivity index (χ3n) is 4.28. The van der Waals surface area contributed by atoms with E-state index in [4.69, 9.17) is 18.9 Å². The zero-order chi connectivity index (χ0) is 18.7. The highest BCUT2D eigenvalue weighted by molar-refractivity contribution is 5.86. The minimum atomic E-state index is -0.661. The van der Waals surface area contributed by atoms with Crippen molar-refractivity contribution in [1.82, 2.24) is 0 Å². The summed E-state index contributed by atoms with van der Waals surface area (Å²) in [4.78, 5) is 23.9. The molecule has 2 fully saturated rings. The van der Waals surface area contributed by atoms with Gasteiger partial charge in [0.1, 0.15) is 24.4 Å². The van der Waals surface area contributed by atoms with Crippen LogP contribution in [0.15, 0.2) is 12.2 Å². The average molecular weight is 354 g/mol. The van der Waals surface area contributed by atoms with Crippen LogP contribution in [-0.2, 0) is 28.5 Å². The Labute approximate surface area is 149 Å². The van der Waals surface area contributed by atoms with Gasteiger partial charge in [-0.15, -0.1) is 0 Å². The maximum absolute atomic E-state index is 12.2. The van der Waals surface area contributed by atoms with E-state index in [0.29, 0.717) is 5.57 Å². The molecule has 1 saturated carbocycles. The van der Waals surface area contributed by atoms with Crippen LogP contribution in [0.4, 0.5) is 0 Å². The van der Waals surface area contributed by atoms with E-state index in [2.05, 4.69) is 6.58 Å². The highest BCUT2D eigenvalue weighted by Crippen LogP contribution is 2.41. The molecule has 0 aromatic heterocycles. The Bertz CT molecular complexity index is 512. The van der Waals surface area contributed by atoms with Gasteiger partial charge < -0.3 is 18.9 Å². The standard InChI is InChI=1S/C19H30O6/c1-13(2)17(21)22-12-15-14(11-16(20)25-18(3,4)5)23-19(24-15)9-7-6-8-10-19/h14-15H,1,6-12H2,2-5H3. The predicted molar refractivity (Wildman–Crippen MR) is 91.8 cm³/mol. The molecule has 1 spiro atoms. The summed E-state index contributed by atoms with van der Waals surface area (Å²) in [6.45, 7) is 10.7. The lowest BCUT2D eigenvalue weighted by Gasteiger charge is -2.32. The SMILES string of the molecule is C=C(C)C(=O)OCC1OC2(CCCCC2)OC1CC(=O)OC(C)(C)C. The van der Waals surface area contributed by atoms with Gasteiger partial charge >= 0.3 is 11.9 Å². The zero-order valence-corrected chi connectivity index (χ0v) is 15.8. The van der Waals surface area contributed by atoms with Crippen LogP contribution in [0.5, 0.6) is 0 Å². The van der Waals surface area contributed by atoms with Crippen LogP contribution in [0.1, 0.15) is 66.2 Å². The van der Waals surface area contributed by atoms with Crippen LogP contribution in [0, 0.1) is 0 Å². The minimum Gasteiger partial charge on any atom is -0.460 e. The Morgan fingerprint density at radius 2 is 1.72 bits per heavy atom. The Hall–Kier alpha value is -1.40. The second-order valence-electron chi connectivity index (χ2n) is 7.95. The summed E-state index contributed by atoms with van der Waals surface area (Å²) >= 11 is 0. The quantitative estimate of drug-likeness (QED) is 0.557. The third-order valence-corrected chi connectivity index (χ3v) is 4.28. The number of esters is 2. The second kappa shape index (κ2) is 7.87. The number of carbonyl (C=O) groups excluding carboxylic acids is 2. The molecule has 2 unspecified atom stereocenters. The predicted octanol–water partition coefficient (Wildman–Crippen LogP) is 3.28. The Morgan fingerprint density at radius 3 is 2.28 bits per heavy atom. The first-order valence-corrected chi connectivity index (χ1v) is 9.00. The van der Waals surface area contributed by atoms with Crippen LogP contribution in [0.25, 0.3) is 0 Å². The molecule has 0 bridgehead atoms. The summed E-state index contributed by atoms with van der Waals surface area (Å²) in [5.74, 6) is -1.47. The van der Waals surface area contributed by atoms with Crippen molar-refractivity contribution in [2.24, 2.45) is 0 Å². The fourth-order valence-corrected chi connectivity index (χ4v) is 3.20. The smallest absolute Gasteiger partial charge is 0.333 e. The molecule has 2 atom stereocenters. The van der Waals surface area contributed by atoms with Gasteiger partial charge in [-0.1, -0.05) is 13.0 Å². The summed E-state index contributed by atoms with van der Waals surface area (Å²) in [6.07, 6.45) is 3.91. The summed E-state index contributed by atoms with van der Waals surface area (Å²) in [5.41, 5.74) is -0.226. The van der Waals surface area contributed by atoms with Crippen LogP contribution in [0.2, 0.25) is 0 Å². The van der Waals surface area contributed by atoms with Crippen molar-refractivity contribution in [3.8, 4) is 0 Å². The van der Waals surface area contributed by atoms with E-state index in [9.17, 15) is 9.59 Å². The van der Waals surface area contributed by atoms with Gasteiger partial charge in [-0.3, -0.25) is 4.79 Å². The monoisotopic (exact) mass is 354 g/mol. The largest absolute Gasteiger partial charge is 0.460 e. The lowest BCUT2D eigenvalue weighted by Crippen LogP contribution is -2.34. The van der Waals surface area contributed by atoms with Crippen LogP contribution in [0.3, 0.4) is 0 Å². The van der Waals surface area contributed by atoms with Gasteiger partial charge in [-0.2, -0.15) is 0 Å². The zero-order valence-electron chi connectivity index (χ0n) is 15.8. The molecule has 6 nitrogen and oxygen atoms in total. The van der Waals surface area contributed by atoms with Gasteiger partial charge in [0.15, 0.2) is 5.79 Å². The molecule has 6 heteroatoms. The fraction of sp³-hybridized carbons (Fsp3) is 0.789. The number of carbonyl (C=O) groups is 2. The molecule has 1 aliphatic heterocycles.